The number of nitrogens with zero attached hydrogens (tertiary/aromatic N) is 1. The molecule has 0 aliphatic carbocycles. The van der Waals surface area contributed by atoms with E-state index < -0.39 is 0 Å². The lowest BCUT2D eigenvalue weighted by Crippen LogP contribution is -2.27. The minimum Gasteiger partial charge on any atom is -0.315 e. The molecule has 0 aromatic heterocycles. The number of nitrogens with one attached hydrogen (secondary N) is 1. The van der Waals surface area contributed by atoms with E-state index in [1.54, 1.807) is 0 Å². The molecular weight excluding hydrogens is 220 g/mol. The Morgan fingerprint density at radius 1 is 1.06 bits per heavy atom. The normalized spacial score (nSPS) is 21.2. The van der Waals surface area contributed by atoms with Crippen molar-refractivity contribution < 1.29 is 0 Å². The van der Waals surface area contributed by atoms with Crippen LogP contribution >= 0.6 is 0 Å². The molecule has 1 rings (SSSR count). The van der Waals surface area contributed by atoms with Crippen LogP contribution in [-0.2, 0) is 0 Å². The molecule has 1 aliphatic rings. The Bertz CT molecular complexity index is 211. The highest BCUT2D eigenvalue weighted by molar-refractivity contribution is 4.76. The van der Waals surface area contributed by atoms with E-state index in [-0.39, 0.29) is 0 Å². The zero-order valence-corrected chi connectivity index (χ0v) is 13.1. The van der Waals surface area contributed by atoms with E-state index in [0.29, 0.717) is 11.5 Å². The fraction of sp³-hybridized carbons (Fsp3) is 1.00. The molecule has 2 heteroatoms. The van der Waals surface area contributed by atoms with Crippen molar-refractivity contribution in [3.63, 3.8) is 0 Å². The van der Waals surface area contributed by atoms with Gasteiger partial charge in [0.2, 0.25) is 0 Å². The molecule has 0 radical (unpaired) electrons. The Kier molecular flexibility index (Phi) is 7.25. The predicted molar refractivity (Wildman–Crippen MR) is 81.1 cm³/mol. The Labute approximate surface area is 115 Å². The van der Waals surface area contributed by atoms with Crippen molar-refractivity contribution in [2.24, 2.45) is 5.41 Å². The highest BCUT2D eigenvalue weighted by atomic mass is 15.1. The molecule has 1 heterocycles. The van der Waals surface area contributed by atoms with Gasteiger partial charge in [0, 0.05) is 6.04 Å². The van der Waals surface area contributed by atoms with Crippen molar-refractivity contribution in [3.05, 3.63) is 0 Å². The second-order valence-electron chi connectivity index (χ2n) is 7.03. The SMILES string of the molecule is CC(C)NCCCCCN1CCCC(C)(C)CC1. The maximum atomic E-state index is 3.49. The van der Waals surface area contributed by atoms with E-state index in [0.717, 1.165) is 0 Å². The molecule has 1 saturated heterocycles. The van der Waals surface area contributed by atoms with Crippen LogP contribution in [0.25, 0.3) is 0 Å². The molecule has 0 spiro atoms. The molecule has 0 saturated carbocycles. The highest BCUT2D eigenvalue weighted by Gasteiger charge is 2.22. The first-order valence-electron chi connectivity index (χ1n) is 7.95. The van der Waals surface area contributed by atoms with Gasteiger partial charge in [0.1, 0.15) is 0 Å². The molecular formula is C16H34N2. The first kappa shape index (κ1) is 16.0. The van der Waals surface area contributed by atoms with Crippen LogP contribution in [0.1, 0.15) is 66.2 Å². The second kappa shape index (κ2) is 8.16. The maximum absolute atomic E-state index is 3.49. The van der Waals surface area contributed by atoms with Gasteiger partial charge in [-0.25, -0.2) is 0 Å². The van der Waals surface area contributed by atoms with Crippen LogP contribution in [0.15, 0.2) is 0 Å². The first-order valence-corrected chi connectivity index (χ1v) is 7.95. The van der Waals surface area contributed by atoms with Crippen molar-refractivity contribution in [2.75, 3.05) is 26.2 Å². The van der Waals surface area contributed by atoms with Gasteiger partial charge >= 0.3 is 0 Å². The van der Waals surface area contributed by atoms with Crippen molar-refractivity contribution >= 4 is 0 Å². The lowest BCUT2D eigenvalue weighted by Gasteiger charge is -2.23. The molecule has 0 unspecified atom stereocenters. The molecule has 1 aliphatic heterocycles. The summed E-state index contributed by atoms with van der Waals surface area (Å²) in [4.78, 5) is 2.69. The molecule has 18 heavy (non-hydrogen) atoms. The topological polar surface area (TPSA) is 15.3 Å². The average Bonchev–Trinajstić information content (AvgIpc) is 2.45. The van der Waals surface area contributed by atoms with E-state index in [4.69, 9.17) is 0 Å². The summed E-state index contributed by atoms with van der Waals surface area (Å²) in [5.41, 5.74) is 0.579. The van der Waals surface area contributed by atoms with Crippen LogP contribution < -0.4 is 5.32 Å². The van der Waals surface area contributed by atoms with Gasteiger partial charge in [-0.05, 0) is 63.7 Å². The Morgan fingerprint density at radius 2 is 1.83 bits per heavy atom. The van der Waals surface area contributed by atoms with E-state index in [1.807, 2.05) is 0 Å². The molecule has 0 aromatic rings. The molecule has 1 fully saturated rings. The fourth-order valence-electron chi connectivity index (χ4n) is 2.73. The average molecular weight is 254 g/mol. The van der Waals surface area contributed by atoms with Gasteiger partial charge in [0.25, 0.3) is 0 Å². The fourth-order valence-corrected chi connectivity index (χ4v) is 2.73. The van der Waals surface area contributed by atoms with Gasteiger partial charge in [0.15, 0.2) is 0 Å². The molecule has 1 N–H and O–H groups in total. The summed E-state index contributed by atoms with van der Waals surface area (Å²) in [6.45, 7) is 14.4. The molecule has 0 amide bonds. The van der Waals surface area contributed by atoms with E-state index in [9.17, 15) is 0 Å². The van der Waals surface area contributed by atoms with Crippen LogP contribution in [0, 0.1) is 5.41 Å². The smallest absolute Gasteiger partial charge is 0.00103 e. The van der Waals surface area contributed by atoms with Gasteiger partial charge in [-0.3, -0.25) is 0 Å². The second-order valence-corrected chi connectivity index (χ2v) is 7.03. The Morgan fingerprint density at radius 3 is 2.56 bits per heavy atom. The molecule has 108 valence electrons. The predicted octanol–water partition coefficient (Wildman–Crippen LogP) is 3.67. The maximum Gasteiger partial charge on any atom is 0.00103 e. The third-order valence-corrected chi connectivity index (χ3v) is 4.14. The summed E-state index contributed by atoms with van der Waals surface area (Å²) < 4.78 is 0. The van der Waals surface area contributed by atoms with Crippen molar-refractivity contribution in [1.29, 1.82) is 0 Å². The van der Waals surface area contributed by atoms with Crippen LogP contribution in [0.2, 0.25) is 0 Å². The summed E-state index contributed by atoms with van der Waals surface area (Å²) in [6, 6.07) is 0.637. The number of hydrogen-bond acceptors (Lipinski definition) is 2. The van der Waals surface area contributed by atoms with E-state index in [2.05, 4.69) is 37.9 Å². The van der Waals surface area contributed by atoms with Crippen LogP contribution in [0.4, 0.5) is 0 Å². The lowest BCUT2D eigenvalue weighted by atomic mass is 9.85. The molecule has 0 atom stereocenters. The monoisotopic (exact) mass is 254 g/mol. The van der Waals surface area contributed by atoms with Crippen molar-refractivity contribution in [1.82, 2.24) is 10.2 Å². The van der Waals surface area contributed by atoms with Gasteiger partial charge < -0.3 is 10.2 Å². The van der Waals surface area contributed by atoms with Crippen LogP contribution in [-0.4, -0.2) is 37.1 Å². The Balaban J connectivity index is 2.02. The first-order chi connectivity index (χ1) is 8.49. The minimum absolute atomic E-state index is 0.579. The zero-order chi connectivity index (χ0) is 13.4. The van der Waals surface area contributed by atoms with Crippen LogP contribution in [0.5, 0.6) is 0 Å². The quantitative estimate of drug-likeness (QED) is 0.697. The third kappa shape index (κ3) is 7.38. The lowest BCUT2D eigenvalue weighted by molar-refractivity contribution is 0.257. The number of unbranched alkanes of at least 4 members (excludes halogenated alkanes) is 2. The van der Waals surface area contributed by atoms with Crippen molar-refractivity contribution in [3.8, 4) is 0 Å². The van der Waals surface area contributed by atoms with Crippen molar-refractivity contribution in [2.45, 2.75) is 72.3 Å². The van der Waals surface area contributed by atoms with Gasteiger partial charge in [-0.1, -0.05) is 34.1 Å². The van der Waals surface area contributed by atoms with E-state index >= 15 is 0 Å². The third-order valence-electron chi connectivity index (χ3n) is 4.14. The van der Waals surface area contributed by atoms with Gasteiger partial charge in [-0.15, -0.1) is 0 Å². The summed E-state index contributed by atoms with van der Waals surface area (Å²) in [5.74, 6) is 0. The standard InChI is InChI=1S/C16H34N2/c1-15(2)17-11-6-5-7-12-18-13-8-9-16(3,4)10-14-18/h15,17H,5-14H2,1-4H3. The van der Waals surface area contributed by atoms with Gasteiger partial charge in [0.05, 0.1) is 0 Å². The summed E-state index contributed by atoms with van der Waals surface area (Å²) in [7, 11) is 0. The van der Waals surface area contributed by atoms with Gasteiger partial charge in [-0.2, -0.15) is 0 Å². The summed E-state index contributed by atoms with van der Waals surface area (Å²) >= 11 is 0. The molecule has 2 nitrogen and oxygen atoms in total. The van der Waals surface area contributed by atoms with E-state index in [1.165, 1.54) is 64.7 Å². The number of hydrogen-bond donors (Lipinski definition) is 1. The summed E-state index contributed by atoms with van der Waals surface area (Å²) in [5, 5.41) is 3.49. The summed E-state index contributed by atoms with van der Waals surface area (Å²) in [6.07, 6.45) is 8.25. The minimum atomic E-state index is 0.579. The molecule has 0 bridgehead atoms. The molecule has 0 aromatic carbocycles. The highest BCUT2D eigenvalue weighted by Crippen LogP contribution is 2.29. The van der Waals surface area contributed by atoms with Crippen LogP contribution in [0.3, 0.4) is 0 Å². The number of rotatable bonds is 7. The zero-order valence-electron chi connectivity index (χ0n) is 13.1. The number of likely N-dealkylation sites (tertiary alicyclic amines) is 1. The largest absolute Gasteiger partial charge is 0.315 e. The Hall–Kier alpha value is -0.0800.